The Bertz CT molecular complexity index is 345. The quantitative estimate of drug-likeness (QED) is 0.297. The number of hydrogen-bond donors (Lipinski definition) is 2. The van der Waals surface area contributed by atoms with E-state index in [1.807, 2.05) is 32.6 Å². The van der Waals surface area contributed by atoms with E-state index in [-0.39, 0.29) is 17.8 Å². The predicted molar refractivity (Wildman–Crippen MR) is 87.3 cm³/mol. The topological polar surface area (TPSA) is 78.9 Å². The lowest BCUT2D eigenvalue weighted by molar-refractivity contribution is -0.141. The molecule has 124 valence electrons. The van der Waals surface area contributed by atoms with E-state index in [2.05, 4.69) is 19.0 Å². The van der Waals surface area contributed by atoms with Gasteiger partial charge in [0.25, 0.3) is 0 Å². The van der Waals surface area contributed by atoms with E-state index in [1.54, 1.807) is 0 Å². The number of carbonyl (C=O) groups is 1. The first-order valence-electron chi connectivity index (χ1n) is 8.05. The molecule has 21 heavy (non-hydrogen) atoms. The van der Waals surface area contributed by atoms with Crippen molar-refractivity contribution in [2.24, 2.45) is 22.2 Å². The van der Waals surface area contributed by atoms with Gasteiger partial charge in [0.1, 0.15) is 5.41 Å². The van der Waals surface area contributed by atoms with Crippen LogP contribution in [-0.2, 0) is 4.79 Å². The Balaban J connectivity index is 5.70. The summed E-state index contributed by atoms with van der Waals surface area (Å²) in [6, 6.07) is 0.0967. The minimum absolute atomic E-state index is 0.00907. The summed E-state index contributed by atoms with van der Waals surface area (Å²) in [7, 11) is 0. The van der Waals surface area contributed by atoms with Crippen molar-refractivity contribution in [3.63, 3.8) is 0 Å². The number of amidine groups is 1. The van der Waals surface area contributed by atoms with Gasteiger partial charge in [0.05, 0.1) is 0 Å². The van der Waals surface area contributed by atoms with Crippen LogP contribution in [0.15, 0.2) is 5.16 Å². The number of oxime groups is 1. The predicted octanol–water partition coefficient (Wildman–Crippen LogP) is 3.21. The highest BCUT2D eigenvalue weighted by atomic mass is 16.4. The first-order valence-corrected chi connectivity index (χ1v) is 8.05. The summed E-state index contributed by atoms with van der Waals surface area (Å²) in [6.45, 7) is 12.9. The van der Waals surface area contributed by atoms with Crippen LogP contribution < -0.4 is 5.73 Å². The lowest BCUT2D eigenvalue weighted by Gasteiger charge is -2.39. The monoisotopic (exact) mass is 299 g/mol. The second-order valence-electron chi connectivity index (χ2n) is 6.51. The molecule has 0 spiro atoms. The molecule has 0 bridgehead atoms. The summed E-state index contributed by atoms with van der Waals surface area (Å²) < 4.78 is 0. The Labute approximate surface area is 129 Å². The minimum Gasteiger partial charge on any atom is -0.409 e. The van der Waals surface area contributed by atoms with E-state index in [1.165, 1.54) is 0 Å². The van der Waals surface area contributed by atoms with Crippen molar-refractivity contribution in [2.45, 2.75) is 73.3 Å². The van der Waals surface area contributed by atoms with E-state index < -0.39 is 5.41 Å². The minimum atomic E-state index is -0.878. The van der Waals surface area contributed by atoms with Gasteiger partial charge in [0.15, 0.2) is 5.84 Å². The molecule has 1 amide bonds. The zero-order valence-electron chi connectivity index (χ0n) is 14.5. The molecule has 0 atom stereocenters. The molecular formula is C16H33N3O2. The molecule has 0 heterocycles. The second kappa shape index (κ2) is 8.90. The summed E-state index contributed by atoms with van der Waals surface area (Å²) in [5.74, 6) is 0.417. The van der Waals surface area contributed by atoms with Gasteiger partial charge >= 0.3 is 0 Å². The summed E-state index contributed by atoms with van der Waals surface area (Å²) >= 11 is 0. The Morgan fingerprint density at radius 3 is 1.95 bits per heavy atom. The Kier molecular flexibility index (Phi) is 8.37. The molecule has 0 aliphatic heterocycles. The van der Waals surface area contributed by atoms with Crippen molar-refractivity contribution in [3.05, 3.63) is 0 Å². The van der Waals surface area contributed by atoms with Gasteiger partial charge in [-0.15, -0.1) is 0 Å². The molecule has 3 N–H and O–H groups in total. The van der Waals surface area contributed by atoms with Crippen molar-refractivity contribution in [1.82, 2.24) is 4.90 Å². The van der Waals surface area contributed by atoms with Gasteiger partial charge in [0.2, 0.25) is 5.91 Å². The van der Waals surface area contributed by atoms with Crippen LogP contribution >= 0.6 is 0 Å². The maximum Gasteiger partial charge on any atom is 0.236 e. The van der Waals surface area contributed by atoms with Crippen molar-refractivity contribution in [3.8, 4) is 0 Å². The second-order valence-corrected chi connectivity index (χ2v) is 6.51. The zero-order valence-corrected chi connectivity index (χ0v) is 14.5. The van der Waals surface area contributed by atoms with Gasteiger partial charge < -0.3 is 15.8 Å². The summed E-state index contributed by atoms with van der Waals surface area (Å²) in [4.78, 5) is 15.0. The third-order valence-corrected chi connectivity index (χ3v) is 3.81. The molecule has 0 fully saturated rings. The van der Waals surface area contributed by atoms with Crippen LogP contribution in [0.4, 0.5) is 0 Å². The highest BCUT2D eigenvalue weighted by Crippen LogP contribution is 2.33. The highest BCUT2D eigenvalue weighted by molar-refractivity contribution is 6.06. The molecule has 0 aromatic heterocycles. The van der Waals surface area contributed by atoms with Gasteiger partial charge in [-0.1, -0.05) is 45.7 Å². The molecule has 5 nitrogen and oxygen atoms in total. The fraction of sp³-hybridized carbons (Fsp3) is 0.875. The van der Waals surface area contributed by atoms with Crippen LogP contribution in [0.1, 0.15) is 67.2 Å². The van der Waals surface area contributed by atoms with Crippen molar-refractivity contribution >= 4 is 11.7 Å². The molecule has 5 heteroatoms. The molecular weight excluding hydrogens is 266 g/mol. The third kappa shape index (κ3) is 4.90. The first kappa shape index (κ1) is 19.7. The van der Waals surface area contributed by atoms with E-state index in [0.717, 1.165) is 12.8 Å². The van der Waals surface area contributed by atoms with Gasteiger partial charge in [-0.25, -0.2) is 0 Å². The summed E-state index contributed by atoms with van der Waals surface area (Å²) in [5.41, 5.74) is 5.07. The van der Waals surface area contributed by atoms with Crippen LogP contribution in [0.2, 0.25) is 0 Å². The molecule has 0 rings (SSSR count). The molecule has 0 aliphatic carbocycles. The average molecular weight is 299 g/mol. The van der Waals surface area contributed by atoms with Crippen LogP contribution in [0.25, 0.3) is 0 Å². The van der Waals surface area contributed by atoms with Crippen LogP contribution in [0, 0.1) is 11.3 Å². The van der Waals surface area contributed by atoms with Crippen molar-refractivity contribution in [2.75, 3.05) is 6.54 Å². The fourth-order valence-electron chi connectivity index (χ4n) is 2.85. The maximum atomic E-state index is 13.2. The van der Waals surface area contributed by atoms with Gasteiger partial charge in [-0.05, 0) is 32.6 Å². The Hall–Kier alpha value is -1.26. The van der Waals surface area contributed by atoms with E-state index in [0.29, 0.717) is 25.3 Å². The van der Waals surface area contributed by atoms with E-state index in [9.17, 15) is 4.79 Å². The number of hydrogen-bond acceptors (Lipinski definition) is 3. The smallest absolute Gasteiger partial charge is 0.236 e. The van der Waals surface area contributed by atoms with Gasteiger partial charge in [-0.2, -0.15) is 0 Å². The summed E-state index contributed by atoms with van der Waals surface area (Å²) in [6.07, 6.45) is 2.85. The third-order valence-electron chi connectivity index (χ3n) is 3.81. The molecule has 0 saturated heterocycles. The number of amides is 1. The number of nitrogens with zero attached hydrogens (tertiary/aromatic N) is 2. The Morgan fingerprint density at radius 1 is 1.19 bits per heavy atom. The Morgan fingerprint density at radius 2 is 1.67 bits per heavy atom. The highest BCUT2D eigenvalue weighted by Gasteiger charge is 2.44. The number of carbonyl (C=O) groups excluding carboxylic acids is 1. The molecule has 0 aliphatic rings. The molecule has 0 unspecified atom stereocenters. The molecule has 0 aromatic rings. The molecule has 0 radical (unpaired) electrons. The lowest BCUT2D eigenvalue weighted by atomic mass is 9.76. The number of nitrogens with two attached hydrogens (primary N) is 1. The van der Waals surface area contributed by atoms with Crippen molar-refractivity contribution < 1.29 is 10.0 Å². The normalized spacial score (nSPS) is 13.0. The van der Waals surface area contributed by atoms with Gasteiger partial charge in [-0.3, -0.25) is 4.79 Å². The zero-order chi connectivity index (χ0) is 16.6. The average Bonchev–Trinajstić information content (AvgIpc) is 2.42. The van der Waals surface area contributed by atoms with Crippen LogP contribution in [0.5, 0.6) is 0 Å². The molecule has 0 aromatic carbocycles. The largest absolute Gasteiger partial charge is 0.409 e. The van der Waals surface area contributed by atoms with E-state index >= 15 is 0 Å². The summed E-state index contributed by atoms with van der Waals surface area (Å²) in [5, 5.41) is 12.4. The number of rotatable bonds is 9. The van der Waals surface area contributed by atoms with Gasteiger partial charge in [0, 0.05) is 12.6 Å². The van der Waals surface area contributed by atoms with Crippen LogP contribution in [0.3, 0.4) is 0 Å². The standard InChI is InChI=1S/C16H33N3O2/c1-7-9-16(10-8-2,14(17)18-21)15(20)19(13(5)6)11-12(3)4/h12-13,21H,7-11H2,1-6H3,(H2,17,18). The van der Waals surface area contributed by atoms with E-state index in [4.69, 9.17) is 10.9 Å². The SMILES string of the molecule is CCCC(CCC)(C(=O)N(CC(C)C)C(C)C)C(N)=NO. The lowest BCUT2D eigenvalue weighted by Crippen LogP contribution is -2.54. The van der Waals surface area contributed by atoms with Crippen molar-refractivity contribution in [1.29, 1.82) is 0 Å². The molecule has 0 saturated carbocycles. The van der Waals surface area contributed by atoms with Crippen LogP contribution in [-0.4, -0.2) is 34.4 Å². The fourth-order valence-corrected chi connectivity index (χ4v) is 2.85. The first-order chi connectivity index (χ1) is 9.76. The maximum absolute atomic E-state index is 13.2.